The molecule has 2 atom stereocenters. The van der Waals surface area contributed by atoms with Crippen molar-refractivity contribution >= 4 is 28.9 Å². The summed E-state index contributed by atoms with van der Waals surface area (Å²) in [6.07, 6.45) is 6.81. The maximum atomic E-state index is 12.0. The Morgan fingerprint density at radius 3 is 2.87 bits per heavy atom. The molecule has 1 aromatic heterocycles. The second-order valence-corrected chi connectivity index (χ2v) is 7.48. The molecule has 0 radical (unpaired) electrons. The minimum Gasteiger partial charge on any atom is -0.480 e. The van der Waals surface area contributed by atoms with E-state index >= 15 is 0 Å². The molecule has 0 saturated carbocycles. The smallest absolute Gasteiger partial charge is 0.321 e. The molecule has 5 N–H and O–H groups in total. The van der Waals surface area contributed by atoms with Crippen molar-refractivity contribution in [3.63, 3.8) is 0 Å². The standard InChI is InChI=1S/C23H23N3O4/c27-22(26-30)10-6-14-5-8-18-15(11-14)7-9-20(18)25-21(23(28)29)12-16-13-24-19-4-2-1-3-17(16)19/h1-6,8,10-11,13,20-21,24-25,30H,7,9,12H2,(H,26,27)(H,28,29). The van der Waals surface area contributed by atoms with Crippen LogP contribution in [0.1, 0.15) is 34.7 Å². The first-order chi connectivity index (χ1) is 14.5. The van der Waals surface area contributed by atoms with E-state index in [1.54, 1.807) is 11.6 Å². The zero-order valence-electron chi connectivity index (χ0n) is 16.3. The summed E-state index contributed by atoms with van der Waals surface area (Å²) in [6, 6.07) is 13.0. The lowest BCUT2D eigenvalue weighted by atomic mass is 10.0. The van der Waals surface area contributed by atoms with E-state index in [4.69, 9.17) is 5.21 Å². The number of aliphatic carboxylic acids is 1. The Balaban J connectivity index is 1.50. The lowest BCUT2D eigenvalue weighted by Crippen LogP contribution is -2.40. The molecule has 4 rings (SSSR count). The zero-order chi connectivity index (χ0) is 21.1. The molecule has 30 heavy (non-hydrogen) atoms. The number of aromatic amines is 1. The molecule has 1 aliphatic rings. The number of aromatic nitrogens is 1. The molecule has 7 heteroatoms. The second kappa shape index (κ2) is 8.52. The van der Waals surface area contributed by atoms with Crippen LogP contribution in [0, 0.1) is 0 Å². The summed E-state index contributed by atoms with van der Waals surface area (Å²) >= 11 is 0. The van der Waals surface area contributed by atoms with E-state index in [0.717, 1.165) is 46.0 Å². The van der Waals surface area contributed by atoms with Crippen LogP contribution in [0.2, 0.25) is 0 Å². The van der Waals surface area contributed by atoms with Crippen LogP contribution in [0.5, 0.6) is 0 Å². The third-order valence-electron chi connectivity index (χ3n) is 5.58. The van der Waals surface area contributed by atoms with Crippen molar-refractivity contribution < 1.29 is 19.9 Å². The van der Waals surface area contributed by atoms with Crippen molar-refractivity contribution in [2.45, 2.75) is 31.3 Å². The molecule has 3 aromatic rings. The summed E-state index contributed by atoms with van der Waals surface area (Å²) in [5.41, 5.74) is 6.61. The van der Waals surface area contributed by atoms with Gasteiger partial charge in [0.2, 0.25) is 0 Å². The average molecular weight is 405 g/mol. The number of hydrogen-bond donors (Lipinski definition) is 5. The van der Waals surface area contributed by atoms with Crippen LogP contribution in [0.15, 0.2) is 54.7 Å². The van der Waals surface area contributed by atoms with Crippen LogP contribution >= 0.6 is 0 Å². The van der Waals surface area contributed by atoms with Gasteiger partial charge in [-0.15, -0.1) is 0 Å². The Bertz CT molecular complexity index is 1120. The van der Waals surface area contributed by atoms with Gasteiger partial charge in [-0.3, -0.25) is 20.1 Å². The Hall–Kier alpha value is -3.42. The number of nitrogens with one attached hydrogen (secondary N) is 3. The van der Waals surface area contributed by atoms with Gasteiger partial charge in [0.25, 0.3) is 5.91 Å². The van der Waals surface area contributed by atoms with Gasteiger partial charge in [-0.25, -0.2) is 5.48 Å². The first kappa shape index (κ1) is 19.9. The maximum Gasteiger partial charge on any atom is 0.321 e. The minimum absolute atomic E-state index is 0.0370. The predicted octanol–water partition coefficient (Wildman–Crippen LogP) is 2.96. The number of benzene rings is 2. The van der Waals surface area contributed by atoms with Gasteiger partial charge in [0, 0.05) is 35.6 Å². The normalized spacial score (nSPS) is 16.6. The molecule has 1 aliphatic carbocycles. The van der Waals surface area contributed by atoms with Gasteiger partial charge in [0.05, 0.1) is 0 Å². The lowest BCUT2D eigenvalue weighted by molar-refractivity contribution is -0.139. The number of para-hydroxylation sites is 1. The monoisotopic (exact) mass is 405 g/mol. The fourth-order valence-corrected chi connectivity index (χ4v) is 4.10. The number of hydroxylamine groups is 1. The molecule has 0 bridgehead atoms. The molecule has 1 amide bonds. The topological polar surface area (TPSA) is 114 Å². The van der Waals surface area contributed by atoms with Crippen molar-refractivity contribution in [1.82, 2.24) is 15.8 Å². The summed E-state index contributed by atoms with van der Waals surface area (Å²) in [4.78, 5) is 26.3. The minimum atomic E-state index is -0.872. The number of carbonyl (C=O) groups is 2. The van der Waals surface area contributed by atoms with E-state index in [0.29, 0.717) is 6.42 Å². The van der Waals surface area contributed by atoms with Crippen molar-refractivity contribution in [2.24, 2.45) is 0 Å². The van der Waals surface area contributed by atoms with E-state index in [2.05, 4.69) is 10.3 Å². The molecule has 154 valence electrons. The molecule has 0 aliphatic heterocycles. The van der Waals surface area contributed by atoms with E-state index in [1.165, 1.54) is 6.08 Å². The second-order valence-electron chi connectivity index (χ2n) is 7.48. The van der Waals surface area contributed by atoms with Crippen LogP contribution in [0.4, 0.5) is 0 Å². The number of amides is 1. The van der Waals surface area contributed by atoms with Gasteiger partial charge in [-0.2, -0.15) is 0 Å². The van der Waals surface area contributed by atoms with Crippen LogP contribution in [-0.2, 0) is 22.4 Å². The third kappa shape index (κ3) is 4.12. The number of fused-ring (bicyclic) bond motifs is 2. The van der Waals surface area contributed by atoms with E-state index in [-0.39, 0.29) is 6.04 Å². The lowest BCUT2D eigenvalue weighted by Gasteiger charge is -2.20. The van der Waals surface area contributed by atoms with Crippen LogP contribution in [-0.4, -0.2) is 33.2 Å². The zero-order valence-corrected chi connectivity index (χ0v) is 16.3. The third-order valence-corrected chi connectivity index (χ3v) is 5.58. The van der Waals surface area contributed by atoms with Gasteiger partial charge in [0.15, 0.2) is 0 Å². The highest BCUT2D eigenvalue weighted by Crippen LogP contribution is 2.33. The number of carboxylic acids is 1. The van der Waals surface area contributed by atoms with Gasteiger partial charge < -0.3 is 10.1 Å². The number of carbonyl (C=O) groups excluding carboxylic acids is 1. The van der Waals surface area contributed by atoms with Crippen LogP contribution in [0.3, 0.4) is 0 Å². The molecular formula is C23H23N3O4. The first-order valence-corrected chi connectivity index (χ1v) is 9.84. The number of rotatable bonds is 7. The molecule has 0 spiro atoms. The largest absolute Gasteiger partial charge is 0.480 e. The van der Waals surface area contributed by atoms with Crippen molar-refractivity contribution in [3.8, 4) is 0 Å². The van der Waals surface area contributed by atoms with E-state index < -0.39 is 17.9 Å². The molecule has 7 nitrogen and oxygen atoms in total. The SMILES string of the molecule is O=C(C=Cc1ccc2c(c1)CCC2NC(Cc1c[nH]c2ccccc12)C(=O)O)NO. The van der Waals surface area contributed by atoms with Crippen molar-refractivity contribution in [2.75, 3.05) is 0 Å². The number of aryl methyl sites for hydroxylation is 1. The van der Waals surface area contributed by atoms with Crippen LogP contribution < -0.4 is 10.8 Å². The number of hydrogen-bond acceptors (Lipinski definition) is 4. The molecule has 0 fully saturated rings. The quantitative estimate of drug-likeness (QED) is 0.236. The summed E-state index contributed by atoms with van der Waals surface area (Å²) in [5.74, 6) is -1.46. The summed E-state index contributed by atoms with van der Waals surface area (Å²) in [5, 5.41) is 22.7. The highest BCUT2D eigenvalue weighted by Gasteiger charge is 2.28. The Labute approximate surface area is 173 Å². The maximum absolute atomic E-state index is 12.0. The molecule has 2 aromatic carbocycles. The van der Waals surface area contributed by atoms with Crippen molar-refractivity contribution in [3.05, 3.63) is 77.0 Å². The fourth-order valence-electron chi connectivity index (χ4n) is 4.10. The molecule has 2 unspecified atom stereocenters. The van der Waals surface area contributed by atoms with E-state index in [9.17, 15) is 14.7 Å². The Morgan fingerprint density at radius 2 is 2.07 bits per heavy atom. The first-order valence-electron chi connectivity index (χ1n) is 9.84. The summed E-state index contributed by atoms with van der Waals surface area (Å²) < 4.78 is 0. The van der Waals surface area contributed by atoms with E-state index in [1.807, 2.05) is 48.7 Å². The Morgan fingerprint density at radius 1 is 1.23 bits per heavy atom. The summed E-state index contributed by atoms with van der Waals surface area (Å²) in [6.45, 7) is 0. The van der Waals surface area contributed by atoms with Gasteiger partial charge in [0.1, 0.15) is 6.04 Å². The van der Waals surface area contributed by atoms with Gasteiger partial charge in [-0.1, -0.05) is 36.4 Å². The fraction of sp³-hybridized carbons (Fsp3) is 0.217. The van der Waals surface area contributed by atoms with Gasteiger partial charge >= 0.3 is 5.97 Å². The molecule has 0 saturated heterocycles. The summed E-state index contributed by atoms with van der Waals surface area (Å²) in [7, 11) is 0. The highest BCUT2D eigenvalue weighted by molar-refractivity contribution is 5.90. The highest BCUT2D eigenvalue weighted by atomic mass is 16.5. The van der Waals surface area contributed by atoms with Gasteiger partial charge in [-0.05, 0) is 47.2 Å². The average Bonchev–Trinajstić information content (AvgIpc) is 3.35. The Kier molecular flexibility index (Phi) is 5.65. The number of carboxylic acid groups (broad SMARTS) is 1. The molecular weight excluding hydrogens is 382 g/mol. The van der Waals surface area contributed by atoms with Crippen molar-refractivity contribution in [1.29, 1.82) is 0 Å². The number of H-pyrrole nitrogens is 1. The predicted molar refractivity (Wildman–Crippen MR) is 113 cm³/mol. The molecule has 1 heterocycles. The van der Waals surface area contributed by atoms with Crippen LogP contribution in [0.25, 0.3) is 17.0 Å².